The van der Waals surface area contributed by atoms with E-state index in [9.17, 15) is 17.6 Å². The first-order chi connectivity index (χ1) is 9.83. The molecule has 0 radical (unpaired) electrons. The lowest BCUT2D eigenvalue weighted by molar-refractivity contribution is -0.143. The van der Waals surface area contributed by atoms with Crippen LogP contribution in [0.5, 0.6) is 0 Å². The molecule has 0 bridgehead atoms. The van der Waals surface area contributed by atoms with Crippen molar-refractivity contribution in [2.75, 3.05) is 26.2 Å². The van der Waals surface area contributed by atoms with E-state index in [0.717, 1.165) is 12.0 Å². The fourth-order valence-corrected chi connectivity index (χ4v) is 2.79. The molecule has 21 heavy (non-hydrogen) atoms. The summed E-state index contributed by atoms with van der Waals surface area (Å²) in [6.45, 7) is 1.27. The Morgan fingerprint density at radius 3 is 2.76 bits per heavy atom. The molecule has 118 valence electrons. The fourth-order valence-electron chi connectivity index (χ4n) is 2.55. The third kappa shape index (κ3) is 5.56. The van der Waals surface area contributed by atoms with Gasteiger partial charge in [-0.15, -0.1) is 0 Å². The van der Waals surface area contributed by atoms with Gasteiger partial charge in [-0.05, 0) is 59.1 Å². The minimum atomic E-state index is -4.13. The van der Waals surface area contributed by atoms with Gasteiger partial charge in [0.25, 0.3) is 0 Å². The lowest BCUT2D eigenvalue weighted by Crippen LogP contribution is -2.33. The van der Waals surface area contributed by atoms with Crippen LogP contribution in [0.15, 0.2) is 22.7 Å². The summed E-state index contributed by atoms with van der Waals surface area (Å²) in [6.07, 6.45) is -3.37. The van der Waals surface area contributed by atoms with Crippen molar-refractivity contribution < 1.29 is 17.6 Å². The van der Waals surface area contributed by atoms with Crippen molar-refractivity contribution >= 4 is 15.9 Å². The highest BCUT2D eigenvalue weighted by Gasteiger charge is 2.34. The number of hydrogen-bond acceptors (Lipinski definition) is 2. The van der Waals surface area contributed by atoms with Crippen LogP contribution in [0.3, 0.4) is 0 Å². The maximum Gasteiger partial charge on any atom is 0.401 e. The molecule has 2 nitrogen and oxygen atoms in total. The molecule has 1 unspecified atom stereocenters. The number of nitrogens with zero attached hydrogens (tertiary/aromatic N) is 1. The van der Waals surface area contributed by atoms with Crippen molar-refractivity contribution in [1.82, 2.24) is 10.2 Å². The van der Waals surface area contributed by atoms with Gasteiger partial charge in [0.2, 0.25) is 0 Å². The summed E-state index contributed by atoms with van der Waals surface area (Å²) in [5, 5.41) is 3.18. The Kier molecular flexibility index (Phi) is 5.62. The summed E-state index contributed by atoms with van der Waals surface area (Å²) in [7, 11) is 0. The third-order valence-electron chi connectivity index (χ3n) is 3.52. The highest BCUT2D eigenvalue weighted by Crippen LogP contribution is 2.22. The van der Waals surface area contributed by atoms with Gasteiger partial charge in [-0.3, -0.25) is 4.90 Å². The number of benzene rings is 1. The van der Waals surface area contributed by atoms with Gasteiger partial charge in [0, 0.05) is 13.1 Å². The summed E-state index contributed by atoms with van der Waals surface area (Å²) in [4.78, 5) is 1.44. The molecule has 0 aliphatic carbocycles. The van der Waals surface area contributed by atoms with Crippen LogP contribution in [-0.4, -0.2) is 37.3 Å². The van der Waals surface area contributed by atoms with Gasteiger partial charge in [-0.2, -0.15) is 13.2 Å². The summed E-state index contributed by atoms with van der Waals surface area (Å²) in [6, 6.07) is 4.90. The predicted octanol–water partition coefficient (Wildman–Crippen LogP) is 3.56. The number of hydrogen-bond donors (Lipinski definition) is 1. The van der Waals surface area contributed by atoms with E-state index in [1.807, 2.05) is 6.07 Å². The standard InChI is InChI=1S/C14H17BrF4N2/c15-12-2-1-10(5-13(12)16)6-20-7-11-3-4-21(8-11)9-14(17,18)19/h1-2,5,11,20H,3-4,6-9H2. The molecule has 1 aliphatic rings. The maximum atomic E-state index is 13.3. The zero-order valence-corrected chi connectivity index (χ0v) is 13.0. The largest absolute Gasteiger partial charge is 0.401 e. The Hall–Kier alpha value is -0.660. The smallest absolute Gasteiger partial charge is 0.312 e. The molecular formula is C14H17BrF4N2. The van der Waals surface area contributed by atoms with E-state index in [2.05, 4.69) is 21.2 Å². The molecule has 1 aromatic rings. The second-order valence-electron chi connectivity index (χ2n) is 5.38. The molecule has 1 aliphatic heterocycles. The number of rotatable bonds is 5. The zero-order valence-electron chi connectivity index (χ0n) is 11.4. The Bertz CT molecular complexity index is 479. The van der Waals surface area contributed by atoms with Crippen LogP contribution < -0.4 is 5.32 Å². The molecule has 1 aromatic carbocycles. The van der Waals surface area contributed by atoms with Crippen molar-refractivity contribution in [3.63, 3.8) is 0 Å². The van der Waals surface area contributed by atoms with Gasteiger partial charge < -0.3 is 5.32 Å². The summed E-state index contributed by atoms with van der Waals surface area (Å²) in [5.74, 6) is -0.0980. The van der Waals surface area contributed by atoms with E-state index in [0.29, 0.717) is 30.7 Å². The molecule has 1 N–H and O–H groups in total. The first-order valence-corrected chi connectivity index (χ1v) is 7.56. The van der Waals surface area contributed by atoms with Gasteiger partial charge in [-0.25, -0.2) is 4.39 Å². The molecule has 7 heteroatoms. The minimum Gasteiger partial charge on any atom is -0.312 e. The van der Waals surface area contributed by atoms with Crippen molar-refractivity contribution in [1.29, 1.82) is 0 Å². The van der Waals surface area contributed by atoms with E-state index < -0.39 is 12.7 Å². The molecule has 2 rings (SSSR count). The molecule has 1 saturated heterocycles. The van der Waals surface area contributed by atoms with Crippen molar-refractivity contribution in [2.24, 2.45) is 5.92 Å². The van der Waals surface area contributed by atoms with Crippen molar-refractivity contribution in [3.8, 4) is 0 Å². The number of alkyl halides is 3. The topological polar surface area (TPSA) is 15.3 Å². The highest BCUT2D eigenvalue weighted by molar-refractivity contribution is 9.10. The molecule has 1 atom stereocenters. The molecule has 0 spiro atoms. The van der Waals surface area contributed by atoms with Crippen LogP contribution >= 0.6 is 15.9 Å². The average molecular weight is 369 g/mol. The Balaban J connectivity index is 1.71. The monoisotopic (exact) mass is 368 g/mol. The maximum absolute atomic E-state index is 13.3. The van der Waals surface area contributed by atoms with E-state index in [-0.39, 0.29) is 11.7 Å². The predicted molar refractivity (Wildman–Crippen MR) is 76.4 cm³/mol. The van der Waals surface area contributed by atoms with Crippen LogP contribution in [0.4, 0.5) is 17.6 Å². The van der Waals surface area contributed by atoms with Crippen LogP contribution in [0.2, 0.25) is 0 Å². The van der Waals surface area contributed by atoms with Gasteiger partial charge >= 0.3 is 6.18 Å². The number of likely N-dealkylation sites (tertiary alicyclic amines) is 1. The number of nitrogens with one attached hydrogen (secondary N) is 1. The first kappa shape index (κ1) is 16.7. The van der Waals surface area contributed by atoms with E-state index in [1.54, 1.807) is 6.07 Å². The van der Waals surface area contributed by atoms with Gasteiger partial charge in [-0.1, -0.05) is 6.07 Å². The van der Waals surface area contributed by atoms with Crippen LogP contribution in [0.1, 0.15) is 12.0 Å². The van der Waals surface area contributed by atoms with Crippen LogP contribution in [0, 0.1) is 11.7 Å². The average Bonchev–Trinajstić information content (AvgIpc) is 2.79. The van der Waals surface area contributed by atoms with E-state index >= 15 is 0 Å². The second kappa shape index (κ2) is 7.07. The summed E-state index contributed by atoms with van der Waals surface area (Å²) < 4.78 is 50.6. The lowest BCUT2D eigenvalue weighted by Gasteiger charge is -2.18. The van der Waals surface area contributed by atoms with Crippen molar-refractivity contribution in [2.45, 2.75) is 19.1 Å². The normalized spacial score (nSPS) is 20.1. The Morgan fingerprint density at radius 2 is 2.10 bits per heavy atom. The quantitative estimate of drug-likeness (QED) is 0.799. The van der Waals surface area contributed by atoms with Gasteiger partial charge in [0.05, 0.1) is 11.0 Å². The molecule has 0 amide bonds. The first-order valence-electron chi connectivity index (χ1n) is 6.77. The zero-order chi connectivity index (χ0) is 15.5. The highest BCUT2D eigenvalue weighted by atomic mass is 79.9. The van der Waals surface area contributed by atoms with Crippen molar-refractivity contribution in [3.05, 3.63) is 34.1 Å². The van der Waals surface area contributed by atoms with E-state index in [4.69, 9.17) is 0 Å². The summed E-state index contributed by atoms with van der Waals surface area (Å²) in [5.41, 5.74) is 0.820. The third-order valence-corrected chi connectivity index (χ3v) is 4.16. The van der Waals surface area contributed by atoms with Crippen LogP contribution in [0.25, 0.3) is 0 Å². The number of halogens is 5. The molecule has 0 saturated carbocycles. The minimum absolute atomic E-state index is 0.215. The van der Waals surface area contributed by atoms with E-state index in [1.165, 1.54) is 11.0 Å². The second-order valence-corrected chi connectivity index (χ2v) is 6.24. The fraction of sp³-hybridized carbons (Fsp3) is 0.571. The van der Waals surface area contributed by atoms with Gasteiger partial charge in [0.1, 0.15) is 5.82 Å². The molecular weight excluding hydrogens is 352 g/mol. The molecule has 1 fully saturated rings. The van der Waals surface area contributed by atoms with Gasteiger partial charge in [0.15, 0.2) is 0 Å². The molecule has 0 aromatic heterocycles. The Morgan fingerprint density at radius 1 is 1.33 bits per heavy atom. The van der Waals surface area contributed by atoms with Crippen LogP contribution in [-0.2, 0) is 6.54 Å². The molecule has 1 heterocycles. The SMILES string of the molecule is Fc1cc(CNCC2CCN(CC(F)(F)F)C2)ccc1Br. The lowest BCUT2D eigenvalue weighted by atomic mass is 10.1. The Labute approximate surface area is 129 Å². The summed E-state index contributed by atoms with van der Waals surface area (Å²) >= 11 is 3.09.